The van der Waals surface area contributed by atoms with Crippen molar-refractivity contribution < 1.29 is 13.0 Å². The van der Waals surface area contributed by atoms with Crippen LogP contribution in [0, 0.1) is 0 Å². The van der Waals surface area contributed by atoms with Gasteiger partial charge < -0.3 is 5.73 Å². The van der Waals surface area contributed by atoms with E-state index in [1.807, 2.05) is 12.1 Å². The highest BCUT2D eigenvalue weighted by Gasteiger charge is 2.12. The first-order valence-electron chi connectivity index (χ1n) is 5.57. The van der Waals surface area contributed by atoms with E-state index in [0.717, 1.165) is 5.56 Å². The van der Waals surface area contributed by atoms with Crippen molar-refractivity contribution >= 4 is 28.0 Å². The lowest BCUT2D eigenvalue weighted by Crippen LogP contribution is -2.00. The first-order chi connectivity index (χ1) is 8.97. The minimum Gasteiger partial charge on any atom is -0.399 e. The van der Waals surface area contributed by atoms with Crippen LogP contribution in [0.5, 0.6) is 0 Å². The number of hydrogen-bond donors (Lipinski definition) is 2. The molecule has 98 valence electrons. The summed E-state index contributed by atoms with van der Waals surface area (Å²) in [7, 11) is -4.22. The van der Waals surface area contributed by atoms with Crippen LogP contribution in [0.4, 0.5) is 5.69 Å². The molecule has 0 aliphatic rings. The van der Waals surface area contributed by atoms with E-state index in [-0.39, 0.29) is 4.90 Å². The van der Waals surface area contributed by atoms with E-state index in [0.29, 0.717) is 11.3 Å². The number of benzene rings is 2. The third kappa shape index (κ3) is 3.43. The second kappa shape index (κ2) is 5.26. The van der Waals surface area contributed by atoms with E-state index in [4.69, 9.17) is 10.3 Å². The Morgan fingerprint density at radius 1 is 0.947 bits per heavy atom. The molecule has 2 rings (SSSR count). The zero-order valence-corrected chi connectivity index (χ0v) is 10.8. The molecule has 0 amide bonds. The molecule has 2 aromatic rings. The minimum absolute atomic E-state index is 0.110. The van der Waals surface area contributed by atoms with Crippen LogP contribution in [0.25, 0.3) is 12.2 Å². The minimum atomic E-state index is -4.22. The Balaban J connectivity index is 2.36. The summed E-state index contributed by atoms with van der Waals surface area (Å²) in [5.41, 5.74) is 7.56. The van der Waals surface area contributed by atoms with Crippen molar-refractivity contribution in [1.29, 1.82) is 0 Å². The fraction of sp³-hybridized carbons (Fsp3) is 0. The fourth-order valence-electron chi connectivity index (χ4n) is 1.65. The van der Waals surface area contributed by atoms with Crippen molar-refractivity contribution in [3.63, 3.8) is 0 Å². The number of hydrogen-bond acceptors (Lipinski definition) is 3. The lowest BCUT2D eigenvalue weighted by atomic mass is 10.1. The van der Waals surface area contributed by atoms with Gasteiger partial charge in [-0.05, 0) is 29.3 Å². The van der Waals surface area contributed by atoms with Gasteiger partial charge in [-0.1, -0.05) is 42.5 Å². The zero-order valence-electron chi connectivity index (χ0n) is 10.0. The van der Waals surface area contributed by atoms with Crippen LogP contribution >= 0.6 is 0 Å². The molecule has 0 aliphatic heterocycles. The average molecular weight is 275 g/mol. The van der Waals surface area contributed by atoms with Crippen LogP contribution in [-0.4, -0.2) is 13.0 Å². The molecule has 0 aromatic heterocycles. The number of nitrogen functional groups attached to an aromatic ring is 1. The molecule has 0 bridgehead atoms. The number of nitrogens with two attached hydrogens (primary N) is 1. The van der Waals surface area contributed by atoms with Gasteiger partial charge in [0.1, 0.15) is 4.90 Å². The van der Waals surface area contributed by atoms with Crippen LogP contribution in [0.15, 0.2) is 53.4 Å². The zero-order chi connectivity index (χ0) is 13.9. The SMILES string of the molecule is Nc1ccc(/C=C/c2ccccc2S(=O)(=O)O)cc1. The standard InChI is InChI=1S/C14H13NO3S/c15-13-9-6-11(7-10-13)5-8-12-3-1-2-4-14(12)19(16,17)18/h1-10H,15H2,(H,16,17,18)/b8-5+. The monoisotopic (exact) mass is 275 g/mol. The van der Waals surface area contributed by atoms with E-state index in [2.05, 4.69) is 0 Å². The van der Waals surface area contributed by atoms with Crippen molar-refractivity contribution in [3.8, 4) is 0 Å². The van der Waals surface area contributed by atoms with Gasteiger partial charge in [0.25, 0.3) is 10.1 Å². The van der Waals surface area contributed by atoms with Crippen LogP contribution in [0.3, 0.4) is 0 Å². The van der Waals surface area contributed by atoms with Gasteiger partial charge in [-0.2, -0.15) is 8.42 Å². The van der Waals surface area contributed by atoms with Gasteiger partial charge in [0.05, 0.1) is 0 Å². The second-order valence-corrected chi connectivity index (χ2v) is 5.40. The Bertz CT molecular complexity index is 704. The topological polar surface area (TPSA) is 80.4 Å². The Labute approximate surface area is 111 Å². The summed E-state index contributed by atoms with van der Waals surface area (Å²) in [5.74, 6) is 0. The highest BCUT2D eigenvalue weighted by molar-refractivity contribution is 7.85. The van der Waals surface area contributed by atoms with Gasteiger partial charge in [0, 0.05) is 5.69 Å². The molecule has 0 heterocycles. The molecule has 0 fully saturated rings. The normalized spacial score (nSPS) is 11.8. The lowest BCUT2D eigenvalue weighted by Gasteiger charge is -2.02. The van der Waals surface area contributed by atoms with Gasteiger partial charge >= 0.3 is 0 Å². The Kier molecular flexibility index (Phi) is 3.69. The molecule has 2 aromatic carbocycles. The van der Waals surface area contributed by atoms with Gasteiger partial charge in [0.2, 0.25) is 0 Å². The maximum atomic E-state index is 11.2. The fourth-order valence-corrected chi connectivity index (χ4v) is 2.33. The molecule has 0 radical (unpaired) electrons. The molecule has 0 aliphatic carbocycles. The molecule has 0 unspecified atom stereocenters. The van der Waals surface area contributed by atoms with E-state index >= 15 is 0 Å². The smallest absolute Gasteiger partial charge is 0.295 e. The van der Waals surface area contributed by atoms with Crippen molar-refractivity contribution in [1.82, 2.24) is 0 Å². The first-order valence-corrected chi connectivity index (χ1v) is 7.01. The van der Waals surface area contributed by atoms with Gasteiger partial charge in [-0.15, -0.1) is 0 Å². The Morgan fingerprint density at radius 3 is 2.21 bits per heavy atom. The number of rotatable bonds is 3. The van der Waals surface area contributed by atoms with Crippen molar-refractivity contribution in [2.24, 2.45) is 0 Å². The second-order valence-electron chi connectivity index (χ2n) is 4.01. The molecule has 0 saturated carbocycles. The molecule has 0 saturated heterocycles. The summed E-state index contributed by atoms with van der Waals surface area (Å²) >= 11 is 0. The average Bonchev–Trinajstić information content (AvgIpc) is 2.37. The first kappa shape index (κ1) is 13.3. The van der Waals surface area contributed by atoms with Crippen LogP contribution in [0.1, 0.15) is 11.1 Å². The lowest BCUT2D eigenvalue weighted by molar-refractivity contribution is 0.483. The predicted molar refractivity (Wildman–Crippen MR) is 76.0 cm³/mol. The van der Waals surface area contributed by atoms with Crippen molar-refractivity contribution in [2.45, 2.75) is 4.90 Å². The quantitative estimate of drug-likeness (QED) is 0.512. The van der Waals surface area contributed by atoms with Crippen LogP contribution in [-0.2, 0) is 10.1 Å². The summed E-state index contributed by atoms with van der Waals surface area (Å²) in [6.45, 7) is 0. The van der Waals surface area contributed by atoms with E-state index in [9.17, 15) is 8.42 Å². The highest BCUT2D eigenvalue weighted by Crippen LogP contribution is 2.18. The van der Waals surface area contributed by atoms with E-state index < -0.39 is 10.1 Å². The summed E-state index contributed by atoms with van der Waals surface area (Å²) in [4.78, 5) is -0.110. The van der Waals surface area contributed by atoms with Crippen LogP contribution < -0.4 is 5.73 Å². The summed E-state index contributed by atoms with van der Waals surface area (Å²) < 4.78 is 31.6. The number of anilines is 1. The third-order valence-corrected chi connectivity index (χ3v) is 3.52. The molecular weight excluding hydrogens is 262 g/mol. The molecule has 0 atom stereocenters. The molecule has 0 spiro atoms. The van der Waals surface area contributed by atoms with E-state index in [1.54, 1.807) is 42.5 Å². The summed E-state index contributed by atoms with van der Waals surface area (Å²) in [6.07, 6.45) is 3.39. The molecule has 5 heteroatoms. The molecule has 19 heavy (non-hydrogen) atoms. The van der Waals surface area contributed by atoms with Gasteiger partial charge in [0.15, 0.2) is 0 Å². The maximum Gasteiger partial charge on any atom is 0.295 e. The molecular formula is C14H13NO3S. The maximum absolute atomic E-state index is 11.2. The Hall–Kier alpha value is -2.11. The largest absolute Gasteiger partial charge is 0.399 e. The molecule has 3 N–H and O–H groups in total. The summed E-state index contributed by atoms with van der Waals surface area (Å²) in [5, 5.41) is 0. The van der Waals surface area contributed by atoms with Crippen molar-refractivity contribution in [2.75, 3.05) is 5.73 Å². The molecule has 4 nitrogen and oxygen atoms in total. The van der Waals surface area contributed by atoms with Crippen LogP contribution in [0.2, 0.25) is 0 Å². The summed E-state index contributed by atoms with van der Waals surface area (Å²) in [6, 6.07) is 13.4. The van der Waals surface area contributed by atoms with E-state index in [1.165, 1.54) is 6.07 Å². The third-order valence-electron chi connectivity index (χ3n) is 2.59. The highest BCUT2D eigenvalue weighted by atomic mass is 32.2. The predicted octanol–water partition coefficient (Wildman–Crippen LogP) is 2.69. The Morgan fingerprint density at radius 2 is 1.58 bits per heavy atom. The van der Waals surface area contributed by atoms with Gasteiger partial charge in [-0.3, -0.25) is 4.55 Å². The van der Waals surface area contributed by atoms with Gasteiger partial charge in [-0.25, -0.2) is 0 Å². The van der Waals surface area contributed by atoms with Crippen molar-refractivity contribution in [3.05, 3.63) is 59.7 Å².